The highest BCUT2D eigenvalue weighted by molar-refractivity contribution is 6.74. The van der Waals surface area contributed by atoms with Gasteiger partial charge in [0.25, 0.3) is 8.32 Å². The minimum absolute atomic E-state index is 0.145. The molecule has 0 amide bonds. The Hall–Kier alpha value is -1.09. The zero-order valence-electron chi connectivity index (χ0n) is 12.7. The normalized spacial score (nSPS) is 15.2. The summed E-state index contributed by atoms with van der Waals surface area (Å²) in [5.74, 6) is 0.794. The Kier molecular flexibility index (Phi) is 3.60. The molecule has 0 saturated carbocycles. The molecule has 2 nitrogen and oxygen atoms in total. The van der Waals surface area contributed by atoms with Crippen molar-refractivity contribution in [2.24, 2.45) is 0 Å². The van der Waals surface area contributed by atoms with E-state index in [9.17, 15) is 4.79 Å². The van der Waals surface area contributed by atoms with Crippen LogP contribution in [-0.4, -0.2) is 14.6 Å². The van der Waals surface area contributed by atoms with Crippen LogP contribution in [0.1, 0.15) is 48.7 Å². The Bertz CT molecular complexity index is 498. The maximum atomic E-state index is 11.5. The lowest BCUT2D eigenvalue weighted by molar-refractivity contribution is 0.112. The van der Waals surface area contributed by atoms with E-state index in [0.717, 1.165) is 36.9 Å². The van der Waals surface area contributed by atoms with E-state index in [2.05, 4.69) is 39.9 Å². The molecular weight excluding hydrogens is 252 g/mol. The van der Waals surface area contributed by atoms with Crippen LogP contribution in [0, 0.1) is 0 Å². The summed E-state index contributed by atoms with van der Waals surface area (Å²) >= 11 is 0. The lowest BCUT2D eigenvalue weighted by Crippen LogP contribution is -2.44. The van der Waals surface area contributed by atoms with E-state index in [1.165, 1.54) is 11.1 Å². The standard InChI is InChI=1S/C16H24O2Si/c1-16(2,3)19(4,5)18-15-10-9-12-7-6-8-13(12)14(15)11-17/h9-11H,6-8H2,1-5H3. The molecule has 0 aliphatic heterocycles. The smallest absolute Gasteiger partial charge is 0.250 e. The summed E-state index contributed by atoms with van der Waals surface area (Å²) in [5, 5.41) is 0.145. The maximum Gasteiger partial charge on any atom is 0.250 e. The summed E-state index contributed by atoms with van der Waals surface area (Å²) < 4.78 is 6.32. The van der Waals surface area contributed by atoms with E-state index >= 15 is 0 Å². The van der Waals surface area contributed by atoms with Gasteiger partial charge in [-0.2, -0.15) is 0 Å². The topological polar surface area (TPSA) is 26.3 Å². The van der Waals surface area contributed by atoms with Gasteiger partial charge in [0, 0.05) is 0 Å². The van der Waals surface area contributed by atoms with Gasteiger partial charge < -0.3 is 4.43 Å². The SMILES string of the molecule is CC(C)(C)[Si](C)(C)Oc1ccc2c(c1C=O)CCC2. The van der Waals surface area contributed by atoms with Gasteiger partial charge in [-0.15, -0.1) is 0 Å². The molecule has 0 spiro atoms. The monoisotopic (exact) mass is 276 g/mol. The van der Waals surface area contributed by atoms with Crippen LogP contribution in [-0.2, 0) is 12.8 Å². The van der Waals surface area contributed by atoms with Crippen molar-refractivity contribution in [3.8, 4) is 5.75 Å². The molecule has 0 bridgehead atoms. The van der Waals surface area contributed by atoms with Crippen LogP contribution >= 0.6 is 0 Å². The summed E-state index contributed by atoms with van der Waals surface area (Å²) in [6.07, 6.45) is 4.24. The molecule has 19 heavy (non-hydrogen) atoms. The fourth-order valence-electron chi connectivity index (χ4n) is 2.32. The van der Waals surface area contributed by atoms with E-state index < -0.39 is 8.32 Å². The first-order valence-electron chi connectivity index (χ1n) is 7.05. The third-order valence-electron chi connectivity index (χ3n) is 4.58. The van der Waals surface area contributed by atoms with Gasteiger partial charge >= 0.3 is 0 Å². The number of rotatable bonds is 3. The summed E-state index contributed by atoms with van der Waals surface area (Å²) in [6.45, 7) is 11.1. The zero-order chi connectivity index (χ0) is 14.3. The fraction of sp³-hybridized carbons (Fsp3) is 0.562. The van der Waals surface area contributed by atoms with Crippen molar-refractivity contribution in [2.75, 3.05) is 0 Å². The predicted molar refractivity (Wildman–Crippen MR) is 81.7 cm³/mol. The Balaban J connectivity index is 2.39. The molecule has 104 valence electrons. The highest BCUT2D eigenvalue weighted by atomic mass is 28.4. The van der Waals surface area contributed by atoms with Gasteiger partial charge in [0.15, 0.2) is 6.29 Å². The lowest BCUT2D eigenvalue weighted by Gasteiger charge is -2.37. The van der Waals surface area contributed by atoms with Crippen molar-refractivity contribution in [2.45, 2.75) is 58.2 Å². The van der Waals surface area contributed by atoms with Gasteiger partial charge in [0.1, 0.15) is 5.75 Å². The number of benzene rings is 1. The van der Waals surface area contributed by atoms with E-state index in [1.54, 1.807) is 0 Å². The van der Waals surface area contributed by atoms with Crippen LogP contribution in [0.2, 0.25) is 18.1 Å². The molecule has 0 radical (unpaired) electrons. The molecule has 3 heteroatoms. The molecule has 0 fully saturated rings. The Morgan fingerprint density at radius 1 is 1.21 bits per heavy atom. The molecule has 1 aliphatic rings. The summed E-state index contributed by atoms with van der Waals surface area (Å²) in [4.78, 5) is 11.5. The predicted octanol–water partition coefficient (Wildman–Crippen LogP) is 4.37. The van der Waals surface area contributed by atoms with Crippen LogP contribution in [0.4, 0.5) is 0 Å². The highest BCUT2D eigenvalue weighted by Crippen LogP contribution is 2.39. The molecule has 1 aromatic rings. The molecule has 2 rings (SSSR count). The molecular formula is C16H24O2Si. The minimum atomic E-state index is -1.88. The van der Waals surface area contributed by atoms with Gasteiger partial charge in [-0.25, -0.2) is 0 Å². The Labute approximate surface area is 117 Å². The molecule has 1 aromatic carbocycles. The molecule has 0 heterocycles. The van der Waals surface area contributed by atoms with E-state index in [4.69, 9.17) is 4.43 Å². The van der Waals surface area contributed by atoms with Gasteiger partial charge in [-0.05, 0) is 54.6 Å². The van der Waals surface area contributed by atoms with Crippen LogP contribution in [0.3, 0.4) is 0 Å². The van der Waals surface area contributed by atoms with Crippen molar-refractivity contribution in [1.29, 1.82) is 0 Å². The van der Waals surface area contributed by atoms with Crippen LogP contribution < -0.4 is 4.43 Å². The summed E-state index contributed by atoms with van der Waals surface area (Å²) in [6, 6.07) is 4.13. The molecule has 0 atom stereocenters. The van der Waals surface area contributed by atoms with E-state index in [0.29, 0.717) is 0 Å². The lowest BCUT2D eigenvalue weighted by atomic mass is 10.0. The van der Waals surface area contributed by atoms with Crippen molar-refractivity contribution < 1.29 is 9.22 Å². The number of fused-ring (bicyclic) bond motifs is 1. The minimum Gasteiger partial charge on any atom is -0.543 e. The van der Waals surface area contributed by atoms with Crippen LogP contribution in [0.25, 0.3) is 0 Å². The molecule has 0 unspecified atom stereocenters. The van der Waals surface area contributed by atoms with Gasteiger partial charge in [0.2, 0.25) is 0 Å². The molecule has 0 N–H and O–H groups in total. The number of carbonyl (C=O) groups is 1. The molecule has 0 aromatic heterocycles. The zero-order valence-corrected chi connectivity index (χ0v) is 13.7. The summed E-state index contributed by atoms with van der Waals surface area (Å²) in [5.41, 5.74) is 3.33. The van der Waals surface area contributed by atoms with Crippen molar-refractivity contribution >= 4 is 14.6 Å². The maximum absolute atomic E-state index is 11.5. The van der Waals surface area contributed by atoms with Crippen molar-refractivity contribution in [3.05, 3.63) is 28.8 Å². The average Bonchev–Trinajstić information content (AvgIpc) is 2.74. The molecule has 1 aliphatic carbocycles. The second-order valence-corrected chi connectivity index (χ2v) is 11.7. The number of aryl methyl sites for hydroxylation is 1. The fourth-order valence-corrected chi connectivity index (χ4v) is 3.35. The van der Waals surface area contributed by atoms with E-state index in [1.807, 2.05) is 6.07 Å². The third kappa shape index (κ3) is 2.61. The number of carbonyl (C=O) groups excluding carboxylic acids is 1. The van der Waals surface area contributed by atoms with Gasteiger partial charge in [-0.3, -0.25) is 4.79 Å². The highest BCUT2D eigenvalue weighted by Gasteiger charge is 2.39. The largest absolute Gasteiger partial charge is 0.543 e. The Morgan fingerprint density at radius 2 is 1.89 bits per heavy atom. The van der Waals surface area contributed by atoms with Gasteiger partial charge in [-0.1, -0.05) is 26.8 Å². The van der Waals surface area contributed by atoms with Crippen molar-refractivity contribution in [3.63, 3.8) is 0 Å². The first kappa shape index (κ1) is 14.3. The van der Waals surface area contributed by atoms with Gasteiger partial charge in [0.05, 0.1) is 5.56 Å². The number of hydrogen-bond donors (Lipinski definition) is 0. The second-order valence-electron chi connectivity index (χ2n) is 6.95. The van der Waals surface area contributed by atoms with Crippen LogP contribution in [0.5, 0.6) is 5.75 Å². The quantitative estimate of drug-likeness (QED) is 0.605. The molecule has 0 saturated heterocycles. The third-order valence-corrected chi connectivity index (χ3v) is 8.92. The van der Waals surface area contributed by atoms with Crippen LogP contribution in [0.15, 0.2) is 12.1 Å². The van der Waals surface area contributed by atoms with Crippen molar-refractivity contribution in [1.82, 2.24) is 0 Å². The first-order valence-corrected chi connectivity index (χ1v) is 9.96. The number of hydrogen-bond acceptors (Lipinski definition) is 2. The number of aldehydes is 1. The first-order chi connectivity index (χ1) is 8.76. The Morgan fingerprint density at radius 3 is 2.47 bits per heavy atom. The van der Waals surface area contributed by atoms with E-state index in [-0.39, 0.29) is 5.04 Å². The average molecular weight is 276 g/mol. The summed E-state index contributed by atoms with van der Waals surface area (Å²) in [7, 11) is -1.88. The second kappa shape index (κ2) is 4.78.